The Morgan fingerprint density at radius 3 is 2.55 bits per heavy atom. The summed E-state index contributed by atoms with van der Waals surface area (Å²) in [5.74, 6) is 1.38. The van der Waals surface area contributed by atoms with Gasteiger partial charge >= 0.3 is 5.97 Å². The third kappa shape index (κ3) is 2.25. The second-order valence-electron chi connectivity index (χ2n) is 8.91. The summed E-state index contributed by atoms with van der Waals surface area (Å²) < 4.78 is 0. The summed E-state index contributed by atoms with van der Waals surface area (Å²) in [6.07, 6.45) is 9.18. The minimum Gasteiger partial charge on any atom is -0.481 e. The van der Waals surface area contributed by atoms with Gasteiger partial charge in [0.05, 0.1) is 5.41 Å². The van der Waals surface area contributed by atoms with Gasteiger partial charge in [-0.3, -0.25) is 4.79 Å². The predicted octanol–water partition coefficient (Wildman–Crippen LogP) is 5.43. The Balaban J connectivity index is 1.96. The van der Waals surface area contributed by atoms with Crippen molar-refractivity contribution in [2.24, 2.45) is 28.6 Å². The summed E-state index contributed by atoms with van der Waals surface area (Å²) in [6.45, 7) is 9.11. The van der Waals surface area contributed by atoms with E-state index < -0.39 is 11.4 Å². The summed E-state index contributed by atoms with van der Waals surface area (Å²) in [5, 5.41) is 9.85. The third-order valence-electron chi connectivity index (χ3n) is 7.49. The lowest BCUT2D eigenvalue weighted by Gasteiger charge is -2.56. The molecule has 0 heterocycles. The van der Waals surface area contributed by atoms with Crippen molar-refractivity contribution in [2.75, 3.05) is 0 Å². The predicted molar refractivity (Wildman–Crippen MR) is 89.6 cm³/mol. The second kappa shape index (κ2) is 5.39. The average Bonchev–Trinajstić information content (AvgIpc) is 2.46. The SMILES string of the molecule is CC(C)[C@@H]1CCC2=C(CC[C@@H]3[C@](C)(C(=O)O)CCC[C@]23C)C1. The first kappa shape index (κ1) is 16.1. The molecule has 0 radical (unpaired) electrons. The van der Waals surface area contributed by atoms with Gasteiger partial charge in [0.15, 0.2) is 0 Å². The molecule has 0 saturated heterocycles. The highest BCUT2D eigenvalue weighted by Gasteiger charge is 2.56. The van der Waals surface area contributed by atoms with Gasteiger partial charge in [0.1, 0.15) is 0 Å². The van der Waals surface area contributed by atoms with Crippen LogP contribution in [0.5, 0.6) is 0 Å². The molecule has 3 aliphatic rings. The van der Waals surface area contributed by atoms with E-state index in [0.29, 0.717) is 5.92 Å². The molecular formula is C20H32O2. The smallest absolute Gasteiger partial charge is 0.309 e. The van der Waals surface area contributed by atoms with E-state index in [1.165, 1.54) is 25.7 Å². The van der Waals surface area contributed by atoms with E-state index in [4.69, 9.17) is 0 Å². The molecule has 0 aliphatic heterocycles. The van der Waals surface area contributed by atoms with Gasteiger partial charge in [0, 0.05) is 0 Å². The van der Waals surface area contributed by atoms with Crippen LogP contribution in [0.1, 0.15) is 79.1 Å². The highest BCUT2D eigenvalue weighted by molar-refractivity contribution is 5.75. The highest BCUT2D eigenvalue weighted by Crippen LogP contribution is 2.62. The average molecular weight is 304 g/mol. The van der Waals surface area contributed by atoms with E-state index in [-0.39, 0.29) is 5.41 Å². The maximum atomic E-state index is 12.0. The van der Waals surface area contributed by atoms with Crippen molar-refractivity contribution in [3.8, 4) is 0 Å². The molecule has 0 unspecified atom stereocenters. The Morgan fingerprint density at radius 2 is 1.91 bits per heavy atom. The van der Waals surface area contributed by atoms with Crippen LogP contribution >= 0.6 is 0 Å². The monoisotopic (exact) mass is 304 g/mol. The summed E-state index contributed by atoms with van der Waals surface area (Å²) in [5.41, 5.74) is 3.02. The van der Waals surface area contributed by atoms with Gasteiger partial charge in [-0.2, -0.15) is 0 Å². The lowest BCUT2D eigenvalue weighted by molar-refractivity contribution is -0.159. The molecule has 0 aromatic carbocycles. The summed E-state index contributed by atoms with van der Waals surface area (Å²) in [7, 11) is 0. The van der Waals surface area contributed by atoms with Gasteiger partial charge in [-0.25, -0.2) is 0 Å². The molecule has 124 valence electrons. The summed E-state index contributed by atoms with van der Waals surface area (Å²) in [6, 6.07) is 0. The molecule has 0 aromatic heterocycles. The molecule has 1 saturated carbocycles. The van der Waals surface area contributed by atoms with Gasteiger partial charge in [-0.15, -0.1) is 0 Å². The van der Waals surface area contributed by atoms with Gasteiger partial charge < -0.3 is 5.11 Å². The van der Waals surface area contributed by atoms with Crippen molar-refractivity contribution in [1.29, 1.82) is 0 Å². The molecule has 3 rings (SSSR count). The largest absolute Gasteiger partial charge is 0.481 e. The molecule has 1 fully saturated rings. The first-order valence-corrected chi connectivity index (χ1v) is 9.24. The minimum absolute atomic E-state index is 0.154. The first-order chi connectivity index (χ1) is 10.3. The molecule has 0 spiro atoms. The van der Waals surface area contributed by atoms with Gasteiger partial charge in [-0.05, 0) is 75.0 Å². The number of allylic oxidation sites excluding steroid dienone is 2. The zero-order valence-electron chi connectivity index (χ0n) is 14.7. The number of fused-ring (bicyclic) bond motifs is 2. The summed E-state index contributed by atoms with van der Waals surface area (Å²) >= 11 is 0. The van der Waals surface area contributed by atoms with Crippen molar-refractivity contribution >= 4 is 5.97 Å². The number of aliphatic carboxylic acids is 1. The van der Waals surface area contributed by atoms with Crippen LogP contribution in [0.3, 0.4) is 0 Å². The molecule has 22 heavy (non-hydrogen) atoms. The lowest BCUT2D eigenvalue weighted by atomic mass is 9.48. The van der Waals surface area contributed by atoms with Crippen LogP contribution < -0.4 is 0 Å². The van der Waals surface area contributed by atoms with Crippen LogP contribution in [0.25, 0.3) is 0 Å². The minimum atomic E-state index is -0.566. The zero-order chi connectivity index (χ0) is 16.1. The van der Waals surface area contributed by atoms with E-state index >= 15 is 0 Å². The van der Waals surface area contributed by atoms with E-state index in [1.807, 2.05) is 6.92 Å². The Hall–Kier alpha value is -0.790. The molecular weight excluding hydrogens is 272 g/mol. The lowest BCUT2D eigenvalue weighted by Crippen LogP contribution is -2.51. The molecule has 1 N–H and O–H groups in total. The number of hydrogen-bond donors (Lipinski definition) is 1. The van der Waals surface area contributed by atoms with Crippen molar-refractivity contribution < 1.29 is 9.90 Å². The molecule has 3 aliphatic carbocycles. The molecule has 0 amide bonds. The van der Waals surface area contributed by atoms with Crippen molar-refractivity contribution in [3.05, 3.63) is 11.1 Å². The van der Waals surface area contributed by atoms with E-state index in [0.717, 1.165) is 37.5 Å². The second-order valence-corrected chi connectivity index (χ2v) is 8.91. The van der Waals surface area contributed by atoms with Crippen LogP contribution in [0.15, 0.2) is 11.1 Å². The number of carbonyl (C=O) groups is 1. The molecule has 4 atom stereocenters. The maximum absolute atomic E-state index is 12.0. The number of carboxylic acids is 1. The van der Waals surface area contributed by atoms with Crippen molar-refractivity contribution in [3.63, 3.8) is 0 Å². The molecule has 0 aromatic rings. The first-order valence-electron chi connectivity index (χ1n) is 9.24. The van der Waals surface area contributed by atoms with Crippen LogP contribution in [0, 0.1) is 28.6 Å². The third-order valence-corrected chi connectivity index (χ3v) is 7.49. The summed E-state index contributed by atoms with van der Waals surface area (Å²) in [4.78, 5) is 12.0. The fourth-order valence-corrected chi connectivity index (χ4v) is 6.01. The van der Waals surface area contributed by atoms with Gasteiger partial charge in [0.2, 0.25) is 0 Å². The molecule has 2 nitrogen and oxygen atoms in total. The molecule has 2 heteroatoms. The van der Waals surface area contributed by atoms with E-state index in [2.05, 4.69) is 20.8 Å². The fourth-order valence-electron chi connectivity index (χ4n) is 6.01. The van der Waals surface area contributed by atoms with E-state index in [1.54, 1.807) is 11.1 Å². The van der Waals surface area contributed by atoms with Crippen LogP contribution in [0.4, 0.5) is 0 Å². The number of hydrogen-bond acceptors (Lipinski definition) is 1. The van der Waals surface area contributed by atoms with Crippen molar-refractivity contribution in [1.82, 2.24) is 0 Å². The Labute approximate surface area is 135 Å². The standard InChI is InChI=1S/C20H32O2/c1-13(2)14-6-8-16-15(12-14)7-9-17-19(16,3)10-5-11-20(17,4)18(21)22/h13-14,17H,5-12H2,1-4H3,(H,21,22)/t14-,17+,19-,20-/m1/s1. The van der Waals surface area contributed by atoms with Crippen LogP contribution in [-0.4, -0.2) is 11.1 Å². The van der Waals surface area contributed by atoms with Gasteiger partial charge in [-0.1, -0.05) is 38.3 Å². The molecule has 0 bridgehead atoms. The maximum Gasteiger partial charge on any atom is 0.309 e. The topological polar surface area (TPSA) is 37.3 Å². The Morgan fingerprint density at radius 1 is 1.18 bits per heavy atom. The van der Waals surface area contributed by atoms with Crippen molar-refractivity contribution in [2.45, 2.75) is 79.1 Å². The van der Waals surface area contributed by atoms with E-state index in [9.17, 15) is 9.90 Å². The number of carboxylic acid groups (broad SMARTS) is 1. The fraction of sp³-hybridized carbons (Fsp3) is 0.850. The van der Waals surface area contributed by atoms with Crippen LogP contribution in [0.2, 0.25) is 0 Å². The van der Waals surface area contributed by atoms with Gasteiger partial charge in [0.25, 0.3) is 0 Å². The number of rotatable bonds is 2. The normalized spacial score (nSPS) is 42.0. The van der Waals surface area contributed by atoms with Crippen LogP contribution in [-0.2, 0) is 4.79 Å². The quantitative estimate of drug-likeness (QED) is 0.691. The zero-order valence-corrected chi connectivity index (χ0v) is 14.7. The Kier molecular flexibility index (Phi) is 3.94. The highest BCUT2D eigenvalue weighted by atomic mass is 16.4. The Bertz CT molecular complexity index is 504.